The van der Waals surface area contributed by atoms with Crippen LogP contribution in [0.2, 0.25) is 0 Å². The molecule has 0 radical (unpaired) electrons. The number of hydrogen-bond acceptors (Lipinski definition) is 4. The summed E-state index contributed by atoms with van der Waals surface area (Å²) >= 11 is 0. The van der Waals surface area contributed by atoms with Crippen LogP contribution in [0.15, 0.2) is 36.4 Å². The van der Waals surface area contributed by atoms with E-state index in [0.29, 0.717) is 41.6 Å². The SMILES string of the molecule is C=C(C)[C@@H]1CC[C@]2(CC(=O)NCc3ccccc3F)CC[C@]3(C)[C@H](CCC4[C@@]5(C)CCC(OC(=O)CC(C)(C)CC(=O)O)C(C)(C)C5CC[C@]43C)C12. The first kappa shape index (κ1) is 39.0. The van der Waals surface area contributed by atoms with Gasteiger partial charge in [0.05, 0.1) is 12.8 Å². The third kappa shape index (κ3) is 6.46. The van der Waals surface area contributed by atoms with Gasteiger partial charge >= 0.3 is 11.9 Å². The molecule has 5 saturated carbocycles. The largest absolute Gasteiger partial charge is 0.481 e. The number of nitrogens with one attached hydrogen (secondary N) is 1. The lowest BCUT2D eigenvalue weighted by Gasteiger charge is -2.73. The van der Waals surface area contributed by atoms with Gasteiger partial charge in [-0.05, 0) is 134 Å². The summed E-state index contributed by atoms with van der Waals surface area (Å²) in [4.78, 5) is 38.3. The Balaban J connectivity index is 1.21. The molecule has 52 heavy (non-hydrogen) atoms. The van der Waals surface area contributed by atoms with Crippen LogP contribution in [0, 0.1) is 67.9 Å². The molecule has 288 valence electrons. The Hall–Kier alpha value is -2.70. The van der Waals surface area contributed by atoms with Crippen molar-refractivity contribution in [2.24, 2.45) is 62.1 Å². The van der Waals surface area contributed by atoms with E-state index in [1.54, 1.807) is 12.1 Å². The Kier molecular flexibility index (Phi) is 10.2. The van der Waals surface area contributed by atoms with Crippen LogP contribution in [-0.4, -0.2) is 29.1 Å². The Morgan fingerprint density at radius 2 is 1.62 bits per heavy atom. The summed E-state index contributed by atoms with van der Waals surface area (Å²) in [6.07, 6.45) is 11.2. The van der Waals surface area contributed by atoms with Crippen LogP contribution in [-0.2, 0) is 25.7 Å². The van der Waals surface area contributed by atoms with Gasteiger partial charge in [0.25, 0.3) is 0 Å². The maximum atomic E-state index is 14.4. The second-order valence-electron chi connectivity index (χ2n) is 20.3. The highest BCUT2D eigenvalue weighted by Gasteiger charge is 2.71. The fourth-order valence-corrected chi connectivity index (χ4v) is 14.1. The van der Waals surface area contributed by atoms with Crippen molar-refractivity contribution in [1.29, 1.82) is 0 Å². The van der Waals surface area contributed by atoms with Gasteiger partial charge in [-0.2, -0.15) is 0 Å². The van der Waals surface area contributed by atoms with Gasteiger partial charge in [-0.25, -0.2) is 4.39 Å². The molecule has 6 rings (SSSR count). The van der Waals surface area contributed by atoms with E-state index in [1.807, 2.05) is 19.9 Å². The van der Waals surface area contributed by atoms with Crippen molar-refractivity contribution in [3.63, 3.8) is 0 Å². The lowest BCUT2D eigenvalue weighted by Crippen LogP contribution is -2.67. The summed E-state index contributed by atoms with van der Waals surface area (Å²) in [7, 11) is 0. The molecule has 0 saturated heterocycles. The molecule has 1 amide bonds. The average molecular weight is 720 g/mol. The van der Waals surface area contributed by atoms with Crippen LogP contribution in [0.25, 0.3) is 0 Å². The van der Waals surface area contributed by atoms with Crippen molar-refractivity contribution in [3.8, 4) is 0 Å². The minimum Gasteiger partial charge on any atom is -0.481 e. The number of halogens is 1. The van der Waals surface area contributed by atoms with Crippen molar-refractivity contribution < 1.29 is 28.6 Å². The zero-order valence-corrected chi connectivity index (χ0v) is 33.3. The highest BCUT2D eigenvalue weighted by Crippen LogP contribution is 2.78. The number of rotatable bonds is 10. The number of carboxylic acid groups (broad SMARTS) is 1. The van der Waals surface area contributed by atoms with Gasteiger partial charge in [-0.15, -0.1) is 0 Å². The van der Waals surface area contributed by atoms with E-state index < -0.39 is 11.4 Å². The number of carbonyl (C=O) groups excluding carboxylic acids is 2. The second-order valence-corrected chi connectivity index (χ2v) is 20.3. The molecule has 4 unspecified atom stereocenters. The van der Waals surface area contributed by atoms with Crippen molar-refractivity contribution in [1.82, 2.24) is 5.32 Å². The standard InChI is InChI=1S/C45H66FNO5/c1-28(2)30-16-21-45(24-36(48)47-27-29-12-10-11-13-32(29)46)23-22-43(8)31(39(30)45)14-15-34-42(7)19-18-35(41(5,6)33(42)17-20-44(34,43)9)52-38(51)26-40(3,4)25-37(49)50/h10-13,30-31,33-35,39H,1,14-27H2,2-9H3,(H,47,48)(H,49,50)/t30-,31+,33?,34?,35?,39?,42-,43+,44+,45+/m0/s1. The molecule has 5 fully saturated rings. The summed E-state index contributed by atoms with van der Waals surface area (Å²) in [5.74, 6) is 0.926. The zero-order valence-electron chi connectivity index (χ0n) is 33.3. The quantitative estimate of drug-likeness (QED) is 0.186. The Bertz CT molecular complexity index is 1580. The first-order valence-corrected chi connectivity index (χ1v) is 20.3. The van der Waals surface area contributed by atoms with Gasteiger partial charge in [-0.3, -0.25) is 14.4 Å². The molecule has 0 bridgehead atoms. The number of benzene rings is 1. The minimum absolute atomic E-state index is 0.0391. The van der Waals surface area contributed by atoms with Crippen LogP contribution in [0.1, 0.15) is 144 Å². The lowest BCUT2D eigenvalue weighted by molar-refractivity contribution is -0.250. The van der Waals surface area contributed by atoms with Gasteiger partial charge in [-0.1, -0.05) is 78.8 Å². The number of esters is 1. The molecule has 0 heterocycles. The smallest absolute Gasteiger partial charge is 0.306 e. The molecule has 5 aliphatic rings. The number of hydrogen-bond donors (Lipinski definition) is 2. The molecular formula is C45H66FNO5. The molecule has 0 spiro atoms. The molecule has 7 heteroatoms. The third-order valence-electron chi connectivity index (χ3n) is 16.7. The Morgan fingerprint density at radius 1 is 0.904 bits per heavy atom. The molecule has 0 aromatic heterocycles. The fourth-order valence-electron chi connectivity index (χ4n) is 14.1. The molecular weight excluding hydrogens is 653 g/mol. The van der Waals surface area contributed by atoms with Gasteiger partial charge in [0, 0.05) is 23.9 Å². The van der Waals surface area contributed by atoms with E-state index in [4.69, 9.17) is 4.74 Å². The third-order valence-corrected chi connectivity index (χ3v) is 16.7. The van der Waals surface area contributed by atoms with E-state index in [1.165, 1.54) is 24.5 Å². The number of allylic oxidation sites excluding steroid dienone is 1. The van der Waals surface area contributed by atoms with E-state index in [2.05, 4.69) is 53.4 Å². The number of fused-ring (bicyclic) bond motifs is 7. The summed E-state index contributed by atoms with van der Waals surface area (Å²) in [6, 6.07) is 6.69. The number of carboxylic acids is 1. The van der Waals surface area contributed by atoms with Crippen molar-refractivity contribution >= 4 is 17.8 Å². The van der Waals surface area contributed by atoms with E-state index >= 15 is 0 Å². The number of ether oxygens (including phenoxy) is 1. The highest BCUT2D eigenvalue weighted by molar-refractivity contribution is 5.77. The first-order valence-electron chi connectivity index (χ1n) is 20.3. The first-order chi connectivity index (χ1) is 24.2. The van der Waals surface area contributed by atoms with Gasteiger partial charge in [0.15, 0.2) is 0 Å². The zero-order chi connectivity index (χ0) is 38.1. The van der Waals surface area contributed by atoms with E-state index in [-0.39, 0.29) is 70.3 Å². The predicted octanol–water partition coefficient (Wildman–Crippen LogP) is 10.3. The monoisotopic (exact) mass is 719 g/mol. The summed E-state index contributed by atoms with van der Waals surface area (Å²) in [5.41, 5.74) is 1.31. The topological polar surface area (TPSA) is 92.7 Å². The molecule has 1 aromatic rings. The number of amides is 1. The molecule has 6 nitrogen and oxygen atoms in total. The van der Waals surface area contributed by atoms with E-state index in [9.17, 15) is 23.9 Å². The Labute approximate surface area is 312 Å². The van der Waals surface area contributed by atoms with Crippen LogP contribution in [0.3, 0.4) is 0 Å². The molecule has 2 N–H and O–H groups in total. The Morgan fingerprint density at radius 3 is 2.29 bits per heavy atom. The normalized spacial score (nSPS) is 39.2. The maximum absolute atomic E-state index is 14.4. The summed E-state index contributed by atoms with van der Waals surface area (Å²) < 4.78 is 20.7. The average Bonchev–Trinajstić information content (AvgIpc) is 3.41. The number of aliphatic carboxylic acids is 1. The summed E-state index contributed by atoms with van der Waals surface area (Å²) in [5, 5.41) is 12.4. The predicted molar refractivity (Wildman–Crippen MR) is 202 cm³/mol. The van der Waals surface area contributed by atoms with Gasteiger partial charge in [0.1, 0.15) is 11.9 Å². The fraction of sp³-hybridized carbons (Fsp3) is 0.756. The van der Waals surface area contributed by atoms with Crippen LogP contribution < -0.4 is 5.32 Å². The van der Waals surface area contributed by atoms with Crippen molar-refractivity contribution in [2.45, 2.75) is 152 Å². The lowest BCUT2D eigenvalue weighted by atomic mass is 9.32. The van der Waals surface area contributed by atoms with Crippen LogP contribution >= 0.6 is 0 Å². The highest BCUT2D eigenvalue weighted by atomic mass is 19.1. The minimum atomic E-state index is -0.894. The van der Waals surface area contributed by atoms with Crippen molar-refractivity contribution in [2.75, 3.05) is 0 Å². The maximum Gasteiger partial charge on any atom is 0.306 e. The van der Waals surface area contributed by atoms with Gasteiger partial charge in [0.2, 0.25) is 5.91 Å². The van der Waals surface area contributed by atoms with Gasteiger partial charge < -0.3 is 15.2 Å². The van der Waals surface area contributed by atoms with E-state index in [0.717, 1.165) is 51.4 Å². The van der Waals surface area contributed by atoms with Crippen molar-refractivity contribution in [3.05, 3.63) is 47.8 Å². The molecule has 5 aliphatic carbocycles. The number of carbonyl (C=O) groups is 3. The second kappa shape index (κ2) is 13.6. The molecule has 1 aromatic carbocycles. The van der Waals surface area contributed by atoms with Crippen LogP contribution in [0.5, 0.6) is 0 Å². The molecule has 10 atom stereocenters. The molecule has 0 aliphatic heterocycles. The summed E-state index contributed by atoms with van der Waals surface area (Å²) in [6.45, 7) is 23.0. The van der Waals surface area contributed by atoms with Crippen LogP contribution in [0.4, 0.5) is 4.39 Å².